The van der Waals surface area contributed by atoms with Gasteiger partial charge in [-0.3, -0.25) is 9.52 Å². The van der Waals surface area contributed by atoms with Crippen LogP contribution in [0.3, 0.4) is 0 Å². The zero-order valence-electron chi connectivity index (χ0n) is 18.7. The van der Waals surface area contributed by atoms with E-state index in [2.05, 4.69) is 9.44 Å². The maximum atomic E-state index is 12.6. The number of hydrogen-bond acceptors (Lipinski definition) is 5. The monoisotopic (exact) mass is 491 g/mol. The van der Waals surface area contributed by atoms with Crippen LogP contribution in [0.4, 0.5) is 5.69 Å². The SMILES string of the molecule is Cc1ccc(S(=O)(=O)NC[C@H]2CCCN(C(=O)/C=C/c3ccc(NS(C)(=O)=O)cc3)C2)cc1. The van der Waals surface area contributed by atoms with Gasteiger partial charge in [0.2, 0.25) is 26.0 Å². The van der Waals surface area contributed by atoms with Crippen LogP contribution in [0, 0.1) is 12.8 Å². The van der Waals surface area contributed by atoms with Crippen LogP contribution in [0.2, 0.25) is 0 Å². The normalized spacial score (nSPS) is 17.3. The number of nitrogens with one attached hydrogen (secondary N) is 2. The van der Waals surface area contributed by atoms with E-state index in [1.807, 2.05) is 6.92 Å². The summed E-state index contributed by atoms with van der Waals surface area (Å²) in [5, 5.41) is 0. The van der Waals surface area contributed by atoms with E-state index in [9.17, 15) is 21.6 Å². The molecule has 2 N–H and O–H groups in total. The molecule has 0 unspecified atom stereocenters. The number of nitrogens with zero attached hydrogens (tertiary/aromatic N) is 1. The summed E-state index contributed by atoms with van der Waals surface area (Å²) in [6.07, 6.45) is 5.90. The van der Waals surface area contributed by atoms with Gasteiger partial charge in [0.25, 0.3) is 0 Å². The number of sulfonamides is 2. The van der Waals surface area contributed by atoms with Gasteiger partial charge in [-0.05, 0) is 61.6 Å². The zero-order valence-corrected chi connectivity index (χ0v) is 20.3. The lowest BCUT2D eigenvalue weighted by Crippen LogP contribution is -2.43. The molecule has 2 aromatic rings. The largest absolute Gasteiger partial charge is 0.339 e. The molecule has 1 heterocycles. The van der Waals surface area contributed by atoms with Gasteiger partial charge in [0, 0.05) is 31.4 Å². The number of benzene rings is 2. The van der Waals surface area contributed by atoms with Crippen LogP contribution in [0.25, 0.3) is 6.08 Å². The van der Waals surface area contributed by atoms with Crippen molar-refractivity contribution in [2.45, 2.75) is 24.7 Å². The maximum absolute atomic E-state index is 12.6. The lowest BCUT2D eigenvalue weighted by Gasteiger charge is -2.32. The number of likely N-dealkylation sites (tertiary alicyclic amines) is 1. The molecule has 0 saturated carbocycles. The van der Waals surface area contributed by atoms with Gasteiger partial charge in [-0.1, -0.05) is 29.8 Å². The molecule has 3 rings (SSSR count). The second kappa shape index (κ2) is 10.5. The van der Waals surface area contributed by atoms with Crippen molar-refractivity contribution < 1.29 is 21.6 Å². The standard InChI is InChI=1S/C23H29N3O5S2/c1-18-5-12-22(13-6-18)33(30,31)24-16-20-4-3-15-26(17-20)23(27)14-9-19-7-10-21(11-8-19)25-32(2,28)29/h5-14,20,24-25H,3-4,15-17H2,1-2H3/b14-9+/t20-/m1/s1. The van der Waals surface area contributed by atoms with Crippen molar-refractivity contribution in [1.29, 1.82) is 0 Å². The fraction of sp³-hybridized carbons (Fsp3) is 0.348. The topological polar surface area (TPSA) is 113 Å². The number of amides is 1. The molecule has 1 fully saturated rings. The number of piperidine rings is 1. The number of carbonyl (C=O) groups excluding carboxylic acids is 1. The summed E-state index contributed by atoms with van der Waals surface area (Å²) in [5.41, 5.74) is 2.21. The molecule has 1 saturated heterocycles. The van der Waals surface area contributed by atoms with E-state index in [0.717, 1.165) is 30.2 Å². The first kappa shape index (κ1) is 24.9. The quantitative estimate of drug-likeness (QED) is 0.551. The summed E-state index contributed by atoms with van der Waals surface area (Å²) in [4.78, 5) is 14.6. The van der Waals surface area contributed by atoms with Crippen molar-refractivity contribution in [1.82, 2.24) is 9.62 Å². The first-order chi connectivity index (χ1) is 15.5. The molecule has 1 atom stereocenters. The van der Waals surface area contributed by atoms with E-state index in [-0.39, 0.29) is 23.3 Å². The highest BCUT2D eigenvalue weighted by atomic mass is 32.2. The van der Waals surface area contributed by atoms with Crippen molar-refractivity contribution in [2.75, 3.05) is 30.6 Å². The minimum absolute atomic E-state index is 0.0395. The van der Waals surface area contributed by atoms with Gasteiger partial charge in [-0.2, -0.15) is 0 Å². The van der Waals surface area contributed by atoms with Crippen LogP contribution >= 0.6 is 0 Å². The number of rotatable bonds is 8. The Morgan fingerprint density at radius 1 is 1.06 bits per heavy atom. The van der Waals surface area contributed by atoms with Gasteiger partial charge in [-0.25, -0.2) is 21.6 Å². The predicted molar refractivity (Wildman–Crippen MR) is 130 cm³/mol. The average Bonchev–Trinajstić information content (AvgIpc) is 2.76. The van der Waals surface area contributed by atoms with Crippen LogP contribution < -0.4 is 9.44 Å². The Kier molecular flexibility index (Phi) is 7.93. The first-order valence-electron chi connectivity index (χ1n) is 10.6. The van der Waals surface area contributed by atoms with E-state index in [4.69, 9.17) is 0 Å². The molecular weight excluding hydrogens is 462 g/mol. The third-order valence-electron chi connectivity index (χ3n) is 5.36. The highest BCUT2D eigenvalue weighted by Crippen LogP contribution is 2.18. The van der Waals surface area contributed by atoms with Crippen LogP contribution in [0.15, 0.2) is 59.5 Å². The van der Waals surface area contributed by atoms with E-state index in [0.29, 0.717) is 18.8 Å². The van der Waals surface area contributed by atoms with E-state index in [1.54, 1.807) is 59.5 Å². The summed E-state index contributed by atoms with van der Waals surface area (Å²) >= 11 is 0. The van der Waals surface area contributed by atoms with Gasteiger partial charge in [0.1, 0.15) is 0 Å². The maximum Gasteiger partial charge on any atom is 0.246 e. The molecule has 0 spiro atoms. The minimum atomic E-state index is -3.59. The molecule has 1 amide bonds. The van der Waals surface area contributed by atoms with Crippen LogP contribution in [0.1, 0.15) is 24.0 Å². The molecule has 1 aliphatic rings. The van der Waals surface area contributed by atoms with Crippen molar-refractivity contribution in [2.24, 2.45) is 5.92 Å². The van der Waals surface area contributed by atoms with Crippen LogP contribution in [-0.2, 0) is 24.8 Å². The predicted octanol–water partition coefficient (Wildman–Crippen LogP) is 2.60. The molecular formula is C23H29N3O5S2. The van der Waals surface area contributed by atoms with Gasteiger partial charge >= 0.3 is 0 Å². The highest BCUT2D eigenvalue weighted by molar-refractivity contribution is 7.92. The van der Waals surface area contributed by atoms with Crippen molar-refractivity contribution >= 4 is 37.7 Å². The molecule has 8 nitrogen and oxygen atoms in total. The van der Waals surface area contributed by atoms with Crippen LogP contribution in [0.5, 0.6) is 0 Å². The smallest absolute Gasteiger partial charge is 0.246 e. The summed E-state index contributed by atoms with van der Waals surface area (Å²) in [6, 6.07) is 13.4. The molecule has 0 aromatic heterocycles. The van der Waals surface area contributed by atoms with E-state index >= 15 is 0 Å². The molecule has 33 heavy (non-hydrogen) atoms. The van der Waals surface area contributed by atoms with Gasteiger partial charge in [-0.15, -0.1) is 0 Å². The molecule has 10 heteroatoms. The Bertz CT molecular complexity index is 1210. The fourth-order valence-electron chi connectivity index (χ4n) is 3.61. The number of hydrogen-bond donors (Lipinski definition) is 2. The fourth-order valence-corrected chi connectivity index (χ4v) is 5.29. The van der Waals surface area contributed by atoms with Crippen LogP contribution in [-0.4, -0.2) is 53.5 Å². The summed E-state index contributed by atoms with van der Waals surface area (Å²) in [7, 11) is -6.92. The zero-order chi connectivity index (χ0) is 24.1. The van der Waals surface area contributed by atoms with Crippen molar-refractivity contribution in [3.63, 3.8) is 0 Å². The average molecular weight is 492 g/mol. The molecule has 178 valence electrons. The Balaban J connectivity index is 1.54. The third-order valence-corrected chi connectivity index (χ3v) is 7.40. The van der Waals surface area contributed by atoms with Gasteiger partial charge in [0.15, 0.2) is 0 Å². The minimum Gasteiger partial charge on any atom is -0.339 e. The second-order valence-electron chi connectivity index (χ2n) is 8.29. The summed E-state index contributed by atoms with van der Waals surface area (Å²) in [6.45, 7) is 3.29. The molecule has 0 aliphatic carbocycles. The second-order valence-corrected chi connectivity index (χ2v) is 11.8. The van der Waals surface area contributed by atoms with Gasteiger partial charge < -0.3 is 4.90 Å². The Hall–Kier alpha value is -2.69. The molecule has 1 aliphatic heterocycles. The number of carbonyl (C=O) groups is 1. The molecule has 0 radical (unpaired) electrons. The Labute approximate surface area is 195 Å². The lowest BCUT2D eigenvalue weighted by atomic mass is 9.98. The van der Waals surface area contributed by atoms with E-state index < -0.39 is 20.0 Å². The summed E-state index contributed by atoms with van der Waals surface area (Å²) < 4.78 is 52.7. The number of anilines is 1. The number of aryl methyl sites for hydroxylation is 1. The van der Waals surface area contributed by atoms with Crippen molar-refractivity contribution in [3.05, 3.63) is 65.7 Å². The Morgan fingerprint density at radius 3 is 2.36 bits per heavy atom. The molecule has 2 aromatic carbocycles. The Morgan fingerprint density at radius 2 is 1.73 bits per heavy atom. The summed E-state index contributed by atoms with van der Waals surface area (Å²) in [5.74, 6) is -0.0999. The lowest BCUT2D eigenvalue weighted by molar-refractivity contribution is -0.127. The third kappa shape index (κ3) is 7.69. The first-order valence-corrected chi connectivity index (χ1v) is 14.0. The highest BCUT2D eigenvalue weighted by Gasteiger charge is 2.24. The van der Waals surface area contributed by atoms with Gasteiger partial charge in [0.05, 0.1) is 11.2 Å². The van der Waals surface area contributed by atoms with Crippen molar-refractivity contribution in [3.8, 4) is 0 Å². The molecule has 0 bridgehead atoms. The van der Waals surface area contributed by atoms with E-state index in [1.165, 1.54) is 6.08 Å².